The van der Waals surface area contributed by atoms with Gasteiger partial charge in [0.25, 0.3) is 0 Å². The fourth-order valence-electron chi connectivity index (χ4n) is 1.38. The summed E-state index contributed by atoms with van der Waals surface area (Å²) in [4.78, 5) is 0. The first-order valence-corrected chi connectivity index (χ1v) is 8.83. The van der Waals surface area contributed by atoms with Crippen LogP contribution in [0.4, 0.5) is 0 Å². The summed E-state index contributed by atoms with van der Waals surface area (Å²) in [7, 11) is -5.17. The van der Waals surface area contributed by atoms with E-state index in [1.165, 1.54) is 83.0 Å². The monoisotopic (exact) mass is 306 g/mol. The zero-order chi connectivity index (χ0) is 12.9. The van der Waals surface area contributed by atoms with Gasteiger partial charge >= 0.3 is 149 Å². The Balaban J connectivity index is -0.000000122. The van der Waals surface area contributed by atoms with Crippen molar-refractivity contribution < 1.29 is 76.6 Å². The smallest absolute Gasteiger partial charge is 0.759 e. The molecule has 0 saturated heterocycles. The Morgan fingerprint density at radius 3 is 1.39 bits per heavy atom. The van der Waals surface area contributed by atoms with Gasteiger partial charge in [-0.25, -0.2) is 0 Å². The van der Waals surface area contributed by atoms with Crippen LogP contribution in [-0.4, -0.2) is 45.5 Å². The van der Waals surface area contributed by atoms with Crippen molar-refractivity contribution in [2.75, 3.05) is 0 Å². The van der Waals surface area contributed by atoms with Crippen LogP contribution in [0.5, 0.6) is 0 Å². The summed E-state index contributed by atoms with van der Waals surface area (Å²) in [5.41, 5.74) is 0. The van der Waals surface area contributed by atoms with E-state index in [9.17, 15) is 0 Å². The van der Waals surface area contributed by atoms with Crippen LogP contribution in [0.25, 0.3) is 0 Å². The molecule has 0 atom stereocenters. The Bertz CT molecular complexity index is 207. The largest absolute Gasteiger partial charge is 1.00 e. The standard InChI is InChI=1S/C10H21.3Na.H2O4S/c1-3-5-7-9-10-8-6-4-2;;;;1-5(2,3)4/h1,3-10H2,2H3;;;;(H2,1,2,3,4)/q;;2*+1;/p-2. The molecule has 0 aromatic rings. The fraction of sp³-hybridized carbons (Fsp3) is 1.00. The van der Waals surface area contributed by atoms with Crippen molar-refractivity contribution in [3.63, 3.8) is 0 Å². The Kier molecular flexibility index (Phi) is 35.6. The van der Waals surface area contributed by atoms with Crippen molar-refractivity contribution in [3.05, 3.63) is 0 Å². The van der Waals surface area contributed by atoms with Crippen LogP contribution in [0.15, 0.2) is 0 Å². The number of hydrogen-bond acceptors (Lipinski definition) is 4. The minimum absolute atomic E-state index is 0. The maximum Gasteiger partial charge on any atom is 1.00 e. The van der Waals surface area contributed by atoms with E-state index < -0.39 is 10.4 Å². The van der Waals surface area contributed by atoms with E-state index >= 15 is 0 Å². The Labute approximate surface area is 174 Å². The molecule has 0 heterocycles. The van der Waals surface area contributed by atoms with E-state index in [-0.39, 0.29) is 59.1 Å². The van der Waals surface area contributed by atoms with Crippen LogP contribution in [0.2, 0.25) is 3.67 Å². The molecule has 0 bridgehead atoms. The zero-order valence-electron chi connectivity index (χ0n) is 12.4. The molecule has 0 aliphatic rings. The first-order chi connectivity index (χ1) is 7.41. The Hall–Kier alpha value is 2.87. The second-order valence-electron chi connectivity index (χ2n) is 3.88. The normalized spacial score (nSPS) is 9.61. The van der Waals surface area contributed by atoms with Crippen molar-refractivity contribution in [1.82, 2.24) is 0 Å². The molecule has 0 unspecified atom stereocenters. The summed E-state index contributed by atoms with van der Waals surface area (Å²) in [6, 6.07) is 0. The van der Waals surface area contributed by atoms with Crippen molar-refractivity contribution in [2.24, 2.45) is 0 Å². The molecule has 0 fully saturated rings. The molecule has 0 amide bonds. The summed E-state index contributed by atoms with van der Waals surface area (Å²) in [6.45, 7) is 2.28. The van der Waals surface area contributed by atoms with E-state index in [4.69, 9.17) is 17.5 Å². The number of rotatable bonds is 8. The summed E-state index contributed by atoms with van der Waals surface area (Å²) >= 11 is 1.41. The molecule has 0 aliphatic carbocycles. The third-order valence-corrected chi connectivity index (χ3v) is 2.91. The fourth-order valence-corrected chi connectivity index (χ4v) is 1.88. The van der Waals surface area contributed by atoms with E-state index in [2.05, 4.69) is 6.92 Å². The topological polar surface area (TPSA) is 80.3 Å². The molecule has 0 N–H and O–H groups in total. The summed E-state index contributed by atoms with van der Waals surface area (Å²) in [6.07, 6.45) is 11.7. The second-order valence-corrected chi connectivity index (χ2v) is 5.70. The molecule has 0 aromatic heterocycles. The predicted octanol–water partition coefficient (Wildman–Crippen LogP) is -3.62. The van der Waals surface area contributed by atoms with E-state index in [1.54, 1.807) is 0 Å². The van der Waals surface area contributed by atoms with Crippen molar-refractivity contribution >= 4 is 38.3 Å². The molecular formula is C10H21Na3O4S. The molecule has 8 heteroatoms. The third kappa shape index (κ3) is 51.0. The molecule has 0 spiro atoms. The molecule has 0 saturated carbocycles. The van der Waals surface area contributed by atoms with Crippen LogP contribution < -0.4 is 59.1 Å². The van der Waals surface area contributed by atoms with Gasteiger partial charge in [-0.1, -0.05) is 0 Å². The molecule has 0 rings (SSSR count). The quantitative estimate of drug-likeness (QED) is 0.201. The maximum absolute atomic E-state index is 8.52. The molecule has 94 valence electrons. The van der Waals surface area contributed by atoms with Crippen molar-refractivity contribution in [3.8, 4) is 0 Å². The van der Waals surface area contributed by atoms with Gasteiger partial charge in [0, 0.05) is 10.4 Å². The van der Waals surface area contributed by atoms with Gasteiger partial charge in [0.2, 0.25) is 0 Å². The first kappa shape index (κ1) is 29.0. The molecule has 4 nitrogen and oxygen atoms in total. The predicted molar refractivity (Wildman–Crippen MR) is 63.6 cm³/mol. The van der Waals surface area contributed by atoms with Crippen LogP contribution in [0, 0.1) is 0 Å². The van der Waals surface area contributed by atoms with Gasteiger partial charge in [-0.15, -0.1) is 0 Å². The Morgan fingerprint density at radius 2 is 1.11 bits per heavy atom. The molecule has 18 heavy (non-hydrogen) atoms. The SMILES string of the molecule is CCCCCCCCC[CH2][Na].O=S(=O)([O-])[O-].[Na+].[Na+]. The summed E-state index contributed by atoms with van der Waals surface area (Å²) in [5, 5.41) is 0. The molecular weight excluding hydrogens is 285 g/mol. The van der Waals surface area contributed by atoms with Gasteiger partial charge < -0.3 is 9.11 Å². The average Bonchev–Trinajstić information content (AvgIpc) is 2.14. The average molecular weight is 306 g/mol. The first-order valence-electron chi connectivity index (χ1n) is 6.08. The maximum atomic E-state index is 8.52. The zero-order valence-corrected chi connectivity index (χ0v) is 19.2. The van der Waals surface area contributed by atoms with Crippen molar-refractivity contribution in [1.29, 1.82) is 0 Å². The molecule has 0 radical (unpaired) electrons. The van der Waals surface area contributed by atoms with Gasteiger partial charge in [0.05, 0.1) is 0 Å². The summed E-state index contributed by atoms with van der Waals surface area (Å²) < 4.78 is 35.6. The summed E-state index contributed by atoms with van der Waals surface area (Å²) in [5.74, 6) is 0. The van der Waals surface area contributed by atoms with E-state index in [0.29, 0.717) is 0 Å². The minimum Gasteiger partial charge on any atom is -0.759 e. The van der Waals surface area contributed by atoms with E-state index in [0.717, 1.165) is 0 Å². The van der Waals surface area contributed by atoms with Gasteiger partial charge in [0.15, 0.2) is 0 Å². The molecule has 0 aromatic carbocycles. The number of hydrogen-bond donors (Lipinski definition) is 0. The van der Waals surface area contributed by atoms with Crippen LogP contribution in [-0.2, 0) is 10.4 Å². The van der Waals surface area contributed by atoms with Gasteiger partial charge in [-0.3, -0.25) is 8.42 Å². The second kappa shape index (κ2) is 22.2. The van der Waals surface area contributed by atoms with Gasteiger partial charge in [-0.05, 0) is 0 Å². The van der Waals surface area contributed by atoms with Gasteiger partial charge in [-0.2, -0.15) is 0 Å². The minimum atomic E-state index is -5.17. The number of unbranched alkanes of at least 4 members (excludes halogenated alkanes) is 7. The molecule has 0 aliphatic heterocycles. The van der Waals surface area contributed by atoms with Crippen LogP contribution in [0.1, 0.15) is 58.3 Å². The van der Waals surface area contributed by atoms with E-state index in [1.807, 2.05) is 0 Å². The van der Waals surface area contributed by atoms with Crippen LogP contribution in [0.3, 0.4) is 0 Å². The van der Waals surface area contributed by atoms with Crippen LogP contribution >= 0.6 is 0 Å². The van der Waals surface area contributed by atoms with Crippen molar-refractivity contribution in [2.45, 2.75) is 62.0 Å². The Morgan fingerprint density at radius 1 is 0.833 bits per heavy atom. The van der Waals surface area contributed by atoms with Gasteiger partial charge in [0.1, 0.15) is 0 Å². The third-order valence-electron chi connectivity index (χ3n) is 2.21.